The van der Waals surface area contributed by atoms with Gasteiger partial charge in [0.1, 0.15) is 24.1 Å². The lowest BCUT2D eigenvalue weighted by Gasteiger charge is -2.33. The number of anilines is 2. The summed E-state index contributed by atoms with van der Waals surface area (Å²) < 4.78 is 10.8. The third kappa shape index (κ3) is 6.03. The summed E-state index contributed by atoms with van der Waals surface area (Å²) in [6.45, 7) is 3.52. The number of carbonyl (C=O) groups excluding carboxylic acids is 4. The van der Waals surface area contributed by atoms with Crippen LogP contribution in [0.2, 0.25) is 0 Å². The smallest absolute Gasteiger partial charge is 0.299 e. The molecule has 1 N–H and O–H groups in total. The molecule has 0 fully saturated rings. The highest BCUT2D eigenvalue weighted by Gasteiger charge is 2.39. The second-order valence-electron chi connectivity index (χ2n) is 10.6. The number of aryl methyl sites for hydroxylation is 2. The Morgan fingerprint density at radius 3 is 2.27 bits per heavy atom. The first-order valence-corrected chi connectivity index (χ1v) is 14.1. The van der Waals surface area contributed by atoms with Gasteiger partial charge in [-0.15, -0.1) is 0 Å². The lowest BCUT2D eigenvalue weighted by atomic mass is 10.00. The van der Waals surface area contributed by atoms with E-state index in [1.807, 2.05) is 62.4 Å². The van der Waals surface area contributed by atoms with Gasteiger partial charge in [0, 0.05) is 12.6 Å². The summed E-state index contributed by atoms with van der Waals surface area (Å²) in [5.41, 5.74) is 4.33. The molecule has 9 nitrogen and oxygen atoms in total. The van der Waals surface area contributed by atoms with Gasteiger partial charge >= 0.3 is 0 Å². The summed E-state index contributed by atoms with van der Waals surface area (Å²) in [6.07, 6.45) is 0. The Morgan fingerprint density at radius 1 is 0.864 bits per heavy atom. The van der Waals surface area contributed by atoms with Gasteiger partial charge in [0.15, 0.2) is 0 Å². The van der Waals surface area contributed by atoms with Gasteiger partial charge in [-0.1, -0.05) is 66.2 Å². The van der Waals surface area contributed by atoms with Gasteiger partial charge in [-0.25, -0.2) is 0 Å². The zero-order valence-corrected chi connectivity index (χ0v) is 25.0. The molecule has 3 amide bonds. The van der Waals surface area contributed by atoms with E-state index in [4.69, 9.17) is 9.47 Å². The third-order valence-electron chi connectivity index (χ3n) is 7.71. The number of Topliss-reactive ketones (excluding diaryl/α,β-unsaturated/α-hetero) is 1. The average molecular weight is 592 g/mol. The van der Waals surface area contributed by atoms with Crippen LogP contribution in [0.5, 0.6) is 11.5 Å². The number of ketones is 1. The zero-order valence-electron chi connectivity index (χ0n) is 25.0. The quantitative estimate of drug-likeness (QED) is 0.252. The number of nitrogens with zero attached hydrogens (tertiary/aromatic N) is 2. The van der Waals surface area contributed by atoms with Gasteiger partial charge in [0.05, 0.1) is 31.2 Å². The molecule has 0 aliphatic carbocycles. The molecular weight excluding hydrogens is 558 g/mol. The fourth-order valence-corrected chi connectivity index (χ4v) is 5.25. The van der Waals surface area contributed by atoms with Crippen molar-refractivity contribution in [2.75, 3.05) is 31.0 Å². The van der Waals surface area contributed by atoms with E-state index in [1.54, 1.807) is 42.5 Å². The minimum Gasteiger partial charge on any atom is -0.497 e. The summed E-state index contributed by atoms with van der Waals surface area (Å²) in [5.74, 6) is -1.50. The Hall–Kier alpha value is -5.44. The molecule has 0 saturated carbocycles. The van der Waals surface area contributed by atoms with Crippen molar-refractivity contribution in [1.82, 2.24) is 4.90 Å². The van der Waals surface area contributed by atoms with E-state index in [1.165, 1.54) is 24.0 Å². The van der Waals surface area contributed by atoms with Crippen LogP contribution < -0.4 is 19.7 Å². The molecule has 224 valence electrons. The van der Waals surface area contributed by atoms with Gasteiger partial charge in [-0.3, -0.25) is 24.1 Å². The van der Waals surface area contributed by atoms with Crippen molar-refractivity contribution in [1.29, 1.82) is 0 Å². The molecule has 0 radical (unpaired) electrons. The maximum Gasteiger partial charge on any atom is 0.299 e. The number of para-hydroxylation sites is 1. The van der Waals surface area contributed by atoms with E-state index in [9.17, 15) is 19.2 Å². The summed E-state index contributed by atoms with van der Waals surface area (Å²) in [5, 5.41) is 2.94. The first kappa shape index (κ1) is 30.0. The Labute approximate surface area is 256 Å². The molecule has 1 atom stereocenters. The van der Waals surface area contributed by atoms with Crippen LogP contribution in [0.4, 0.5) is 11.4 Å². The molecule has 0 bridgehead atoms. The summed E-state index contributed by atoms with van der Waals surface area (Å²) >= 11 is 0. The number of ether oxygens (including phenoxy) is 2. The zero-order chi connectivity index (χ0) is 31.4. The summed E-state index contributed by atoms with van der Waals surface area (Å²) in [7, 11) is 3.02. The van der Waals surface area contributed by atoms with E-state index in [-0.39, 0.29) is 12.1 Å². The molecule has 44 heavy (non-hydrogen) atoms. The van der Waals surface area contributed by atoms with Crippen LogP contribution in [0.15, 0.2) is 91.0 Å². The molecule has 1 aliphatic rings. The fraction of sp³-hybridized carbons (Fsp3) is 0.200. The molecule has 0 spiro atoms. The maximum atomic E-state index is 14.3. The predicted molar refractivity (Wildman–Crippen MR) is 167 cm³/mol. The molecule has 4 aromatic rings. The standard InChI is InChI=1S/C35H33N3O6/c1-22-13-15-24(16-14-22)32(34(41)36-28-18-17-26(43-3)19-30(28)44-4)38(20-25-10-6-5-9-23(25)2)31(39)21-37-29-12-8-7-11-27(29)33(40)35(37)42/h5-19,32H,20-21H2,1-4H3,(H,36,41). The number of hydrogen-bond acceptors (Lipinski definition) is 6. The van der Waals surface area contributed by atoms with Gasteiger partial charge in [-0.05, 0) is 54.8 Å². The molecule has 1 heterocycles. The second-order valence-corrected chi connectivity index (χ2v) is 10.6. The Balaban J connectivity index is 1.57. The summed E-state index contributed by atoms with van der Waals surface area (Å²) in [6, 6.07) is 25.5. The van der Waals surface area contributed by atoms with E-state index < -0.39 is 36.1 Å². The fourth-order valence-electron chi connectivity index (χ4n) is 5.25. The van der Waals surface area contributed by atoms with Crippen molar-refractivity contribution in [2.45, 2.75) is 26.4 Å². The van der Waals surface area contributed by atoms with Crippen molar-refractivity contribution in [3.63, 3.8) is 0 Å². The molecule has 0 aromatic heterocycles. The van der Waals surface area contributed by atoms with Gasteiger partial charge in [0.2, 0.25) is 5.91 Å². The maximum absolute atomic E-state index is 14.3. The number of nitrogens with one attached hydrogen (secondary N) is 1. The predicted octanol–water partition coefficient (Wildman–Crippen LogP) is 5.26. The molecule has 4 aromatic carbocycles. The van der Waals surface area contributed by atoms with Crippen LogP contribution in [0, 0.1) is 13.8 Å². The van der Waals surface area contributed by atoms with Crippen LogP contribution in [-0.2, 0) is 20.9 Å². The Kier molecular flexibility index (Phi) is 8.76. The number of methoxy groups -OCH3 is 2. The highest BCUT2D eigenvalue weighted by atomic mass is 16.5. The van der Waals surface area contributed by atoms with E-state index >= 15 is 0 Å². The Bertz CT molecular complexity index is 1730. The van der Waals surface area contributed by atoms with Crippen molar-refractivity contribution in [3.05, 3.63) is 119 Å². The number of benzene rings is 4. The van der Waals surface area contributed by atoms with E-state index in [0.717, 1.165) is 16.7 Å². The first-order chi connectivity index (χ1) is 21.2. The third-order valence-corrected chi connectivity index (χ3v) is 7.71. The molecular formula is C35H33N3O6. The molecule has 1 unspecified atom stereocenters. The second kappa shape index (κ2) is 12.8. The van der Waals surface area contributed by atoms with Gasteiger partial charge < -0.3 is 19.7 Å². The number of hydrogen-bond donors (Lipinski definition) is 1. The van der Waals surface area contributed by atoms with Gasteiger partial charge in [0.25, 0.3) is 17.6 Å². The molecule has 5 rings (SSSR count). The van der Waals surface area contributed by atoms with Crippen LogP contribution in [0.25, 0.3) is 0 Å². The van der Waals surface area contributed by atoms with Crippen LogP contribution in [0.1, 0.15) is 38.7 Å². The first-order valence-electron chi connectivity index (χ1n) is 14.1. The SMILES string of the molecule is COc1ccc(NC(=O)C(c2ccc(C)cc2)N(Cc2ccccc2C)C(=O)CN2C(=O)C(=O)c3ccccc32)c(OC)c1. The lowest BCUT2D eigenvalue weighted by molar-refractivity contribution is -0.139. The highest BCUT2D eigenvalue weighted by Crippen LogP contribution is 2.33. The van der Waals surface area contributed by atoms with Crippen molar-refractivity contribution >= 4 is 34.9 Å². The van der Waals surface area contributed by atoms with Crippen molar-refractivity contribution in [2.24, 2.45) is 0 Å². The normalized spacial score (nSPS) is 12.9. The van der Waals surface area contributed by atoms with Crippen LogP contribution in [0.3, 0.4) is 0 Å². The topological polar surface area (TPSA) is 105 Å². The number of rotatable bonds is 10. The van der Waals surface area contributed by atoms with Crippen LogP contribution in [-0.4, -0.2) is 49.2 Å². The number of fused-ring (bicyclic) bond motifs is 1. The van der Waals surface area contributed by atoms with Crippen molar-refractivity contribution < 1.29 is 28.7 Å². The largest absolute Gasteiger partial charge is 0.497 e. The minimum absolute atomic E-state index is 0.0782. The number of amides is 3. The monoisotopic (exact) mass is 591 g/mol. The van der Waals surface area contributed by atoms with Gasteiger partial charge in [-0.2, -0.15) is 0 Å². The molecule has 0 saturated heterocycles. The minimum atomic E-state index is -1.10. The lowest BCUT2D eigenvalue weighted by Crippen LogP contribution is -2.46. The van der Waals surface area contributed by atoms with Crippen molar-refractivity contribution in [3.8, 4) is 11.5 Å². The average Bonchev–Trinajstić information content (AvgIpc) is 3.27. The molecule has 1 aliphatic heterocycles. The van der Waals surface area contributed by atoms with E-state index in [2.05, 4.69) is 5.32 Å². The molecule has 9 heteroatoms. The Morgan fingerprint density at radius 2 is 1.57 bits per heavy atom. The van der Waals surface area contributed by atoms with Crippen LogP contribution >= 0.6 is 0 Å². The summed E-state index contributed by atoms with van der Waals surface area (Å²) in [4.78, 5) is 56.9. The highest BCUT2D eigenvalue weighted by molar-refractivity contribution is 6.52. The van der Waals surface area contributed by atoms with E-state index in [0.29, 0.717) is 28.4 Å². The number of carbonyl (C=O) groups is 4.